The van der Waals surface area contributed by atoms with Crippen LogP contribution in [0.2, 0.25) is 0 Å². The molecule has 0 radical (unpaired) electrons. The molecule has 0 bridgehead atoms. The molecule has 4 heterocycles. The molecule has 1 saturated heterocycles. The predicted octanol–water partition coefficient (Wildman–Crippen LogP) is 5.18. The highest BCUT2D eigenvalue weighted by atomic mass is 32.2. The van der Waals surface area contributed by atoms with Crippen molar-refractivity contribution in [3.63, 3.8) is 0 Å². The molecule has 0 spiro atoms. The van der Waals surface area contributed by atoms with Crippen LogP contribution < -0.4 is 0 Å². The van der Waals surface area contributed by atoms with Gasteiger partial charge in [-0.3, -0.25) is 4.57 Å². The fraction of sp³-hybridized carbons (Fsp3) is 0.478. The summed E-state index contributed by atoms with van der Waals surface area (Å²) >= 11 is 1.59. The van der Waals surface area contributed by atoms with Crippen LogP contribution in [0, 0.1) is 0 Å². The Kier molecular flexibility index (Phi) is 6.27. The standard InChI is InChI=1S/C23H28N6O2S/c1-3-4-11-20-25-22(31-28-20)15(2)32-23-27-26-21(29(23)14-16-8-7-12-30-16)18-13-24-19-10-6-5-9-17(18)19/h5-6,9-10,13,15-16,24H,3-4,7-8,11-12,14H2,1-2H3/t15-,16+/m1/s1. The fourth-order valence-electron chi connectivity index (χ4n) is 4.07. The van der Waals surface area contributed by atoms with E-state index in [1.165, 1.54) is 0 Å². The number of ether oxygens (including phenoxy) is 1. The van der Waals surface area contributed by atoms with Crippen LogP contribution in [0.5, 0.6) is 0 Å². The molecule has 0 saturated carbocycles. The van der Waals surface area contributed by atoms with Gasteiger partial charge in [-0.2, -0.15) is 4.98 Å². The number of aryl methyl sites for hydroxylation is 1. The minimum Gasteiger partial charge on any atom is -0.376 e. The van der Waals surface area contributed by atoms with Crippen LogP contribution in [0.4, 0.5) is 0 Å². The van der Waals surface area contributed by atoms with Gasteiger partial charge in [-0.25, -0.2) is 0 Å². The van der Waals surface area contributed by atoms with Crippen LogP contribution in [0.3, 0.4) is 0 Å². The maximum absolute atomic E-state index is 5.94. The third-order valence-corrected chi connectivity index (χ3v) is 6.89. The number of aromatic nitrogens is 6. The summed E-state index contributed by atoms with van der Waals surface area (Å²) in [5.74, 6) is 2.25. The number of hydrogen-bond acceptors (Lipinski definition) is 7. The van der Waals surface area contributed by atoms with Crippen molar-refractivity contribution in [1.82, 2.24) is 29.9 Å². The summed E-state index contributed by atoms with van der Waals surface area (Å²) in [5, 5.41) is 15.2. The Bertz CT molecular complexity index is 1180. The number of fused-ring (bicyclic) bond motifs is 1. The van der Waals surface area contributed by atoms with E-state index < -0.39 is 0 Å². The van der Waals surface area contributed by atoms with E-state index in [1.807, 2.05) is 18.3 Å². The normalized spacial score (nSPS) is 17.4. The van der Waals surface area contributed by atoms with E-state index >= 15 is 0 Å². The lowest BCUT2D eigenvalue weighted by Crippen LogP contribution is -2.16. The Morgan fingerprint density at radius 2 is 2.19 bits per heavy atom. The average Bonchev–Trinajstić information content (AvgIpc) is 3.60. The molecule has 5 rings (SSSR count). The molecule has 32 heavy (non-hydrogen) atoms. The molecule has 9 heteroatoms. The predicted molar refractivity (Wildman–Crippen MR) is 123 cm³/mol. The largest absolute Gasteiger partial charge is 0.376 e. The van der Waals surface area contributed by atoms with Gasteiger partial charge >= 0.3 is 0 Å². The Hall–Kier alpha value is -2.65. The first-order valence-electron chi connectivity index (χ1n) is 11.3. The molecule has 2 atom stereocenters. The summed E-state index contributed by atoms with van der Waals surface area (Å²) in [6.07, 6.45) is 7.34. The molecule has 4 aromatic rings. The van der Waals surface area contributed by atoms with Crippen LogP contribution in [-0.2, 0) is 17.7 Å². The van der Waals surface area contributed by atoms with E-state index in [-0.39, 0.29) is 11.4 Å². The number of nitrogens with one attached hydrogen (secondary N) is 1. The summed E-state index contributed by atoms with van der Waals surface area (Å²) in [5.41, 5.74) is 2.13. The Morgan fingerprint density at radius 3 is 3.03 bits per heavy atom. The average molecular weight is 453 g/mol. The number of rotatable bonds is 9. The SMILES string of the molecule is CCCCc1noc([C@@H](C)Sc2nnc(-c3c[nH]c4ccccc34)n2C[C@@H]2CCCO2)n1. The molecule has 1 N–H and O–H groups in total. The number of H-pyrrole nitrogens is 1. The van der Waals surface area contributed by atoms with E-state index in [4.69, 9.17) is 9.26 Å². The van der Waals surface area contributed by atoms with Crippen molar-refractivity contribution in [2.45, 2.75) is 69.0 Å². The van der Waals surface area contributed by atoms with Gasteiger partial charge < -0.3 is 14.2 Å². The Balaban J connectivity index is 1.44. The lowest BCUT2D eigenvalue weighted by atomic mass is 10.1. The monoisotopic (exact) mass is 452 g/mol. The van der Waals surface area contributed by atoms with Gasteiger partial charge in [0.05, 0.1) is 17.9 Å². The summed E-state index contributed by atoms with van der Waals surface area (Å²) in [6, 6.07) is 8.26. The van der Waals surface area contributed by atoms with Crippen molar-refractivity contribution in [3.05, 3.63) is 42.2 Å². The summed E-state index contributed by atoms with van der Waals surface area (Å²) in [4.78, 5) is 7.94. The van der Waals surface area contributed by atoms with Crippen molar-refractivity contribution in [1.29, 1.82) is 0 Å². The molecule has 1 aromatic carbocycles. The summed E-state index contributed by atoms with van der Waals surface area (Å²) in [7, 11) is 0. The number of benzene rings is 1. The molecule has 3 aromatic heterocycles. The number of nitrogens with zero attached hydrogens (tertiary/aromatic N) is 5. The van der Waals surface area contributed by atoms with Crippen molar-refractivity contribution >= 4 is 22.7 Å². The highest BCUT2D eigenvalue weighted by Crippen LogP contribution is 2.36. The van der Waals surface area contributed by atoms with Gasteiger partial charge in [0, 0.05) is 35.7 Å². The fourth-order valence-corrected chi connectivity index (χ4v) is 4.95. The van der Waals surface area contributed by atoms with Gasteiger partial charge in [-0.15, -0.1) is 10.2 Å². The Morgan fingerprint density at radius 1 is 1.28 bits per heavy atom. The van der Waals surface area contributed by atoms with Crippen LogP contribution in [0.15, 0.2) is 40.1 Å². The smallest absolute Gasteiger partial charge is 0.239 e. The second-order valence-electron chi connectivity index (χ2n) is 8.21. The maximum Gasteiger partial charge on any atom is 0.239 e. The topological polar surface area (TPSA) is 94.7 Å². The zero-order valence-electron chi connectivity index (χ0n) is 18.5. The lowest BCUT2D eigenvalue weighted by molar-refractivity contribution is 0.0953. The molecule has 0 unspecified atom stereocenters. The second kappa shape index (κ2) is 9.46. The zero-order chi connectivity index (χ0) is 21.9. The van der Waals surface area contributed by atoms with Crippen molar-refractivity contribution in [2.24, 2.45) is 0 Å². The van der Waals surface area contributed by atoms with Crippen LogP contribution in [0.25, 0.3) is 22.3 Å². The first-order valence-corrected chi connectivity index (χ1v) is 12.2. The number of unbranched alkanes of at least 4 members (excludes halogenated alkanes) is 1. The van der Waals surface area contributed by atoms with E-state index in [1.54, 1.807) is 11.8 Å². The van der Waals surface area contributed by atoms with Gasteiger partial charge in [-0.1, -0.05) is 48.5 Å². The zero-order valence-corrected chi connectivity index (χ0v) is 19.3. The number of para-hydroxylation sites is 1. The first-order chi connectivity index (χ1) is 15.7. The maximum atomic E-state index is 5.94. The molecule has 8 nitrogen and oxygen atoms in total. The molecule has 1 fully saturated rings. The van der Waals surface area contributed by atoms with Crippen molar-refractivity contribution < 1.29 is 9.26 Å². The third-order valence-electron chi connectivity index (χ3n) is 5.82. The lowest BCUT2D eigenvalue weighted by Gasteiger charge is -2.15. The molecule has 1 aliphatic heterocycles. The molecule has 1 aliphatic rings. The highest BCUT2D eigenvalue weighted by Gasteiger charge is 2.25. The van der Waals surface area contributed by atoms with Crippen LogP contribution in [0.1, 0.15) is 56.5 Å². The minimum atomic E-state index is -0.0267. The van der Waals surface area contributed by atoms with E-state index in [0.29, 0.717) is 5.89 Å². The van der Waals surface area contributed by atoms with E-state index in [2.05, 4.69) is 55.9 Å². The molecular weight excluding hydrogens is 424 g/mol. The van der Waals surface area contributed by atoms with Crippen LogP contribution in [-0.4, -0.2) is 42.6 Å². The van der Waals surface area contributed by atoms with Gasteiger partial charge in [0.1, 0.15) is 0 Å². The molecule has 0 amide bonds. The van der Waals surface area contributed by atoms with Gasteiger partial charge in [0.15, 0.2) is 16.8 Å². The minimum absolute atomic E-state index is 0.0267. The van der Waals surface area contributed by atoms with Crippen molar-refractivity contribution in [2.75, 3.05) is 6.61 Å². The summed E-state index contributed by atoms with van der Waals surface area (Å²) in [6.45, 7) is 5.77. The molecule has 168 valence electrons. The Labute approximate surface area is 191 Å². The van der Waals surface area contributed by atoms with Crippen LogP contribution >= 0.6 is 11.8 Å². The quantitative estimate of drug-likeness (QED) is 0.349. The van der Waals surface area contributed by atoms with Crippen molar-refractivity contribution in [3.8, 4) is 11.4 Å². The molecular formula is C23H28N6O2S. The van der Waals surface area contributed by atoms with Gasteiger partial charge in [0.25, 0.3) is 0 Å². The number of hydrogen-bond donors (Lipinski definition) is 1. The number of thioether (sulfide) groups is 1. The van der Waals surface area contributed by atoms with E-state index in [9.17, 15) is 0 Å². The summed E-state index contributed by atoms with van der Waals surface area (Å²) < 4.78 is 13.7. The third kappa shape index (κ3) is 4.31. The van der Waals surface area contributed by atoms with Gasteiger partial charge in [-0.05, 0) is 32.3 Å². The molecule has 0 aliphatic carbocycles. The second-order valence-corrected chi connectivity index (χ2v) is 9.52. The number of aromatic amines is 1. The highest BCUT2D eigenvalue weighted by molar-refractivity contribution is 7.99. The van der Waals surface area contributed by atoms with Gasteiger partial charge in [0.2, 0.25) is 5.89 Å². The first kappa shape index (κ1) is 21.2. The van der Waals surface area contributed by atoms with E-state index in [0.717, 1.165) is 78.5 Å².